The van der Waals surface area contributed by atoms with Crippen LogP contribution in [0.25, 0.3) is 0 Å². The van der Waals surface area contributed by atoms with E-state index in [1.54, 1.807) is 6.92 Å². The van der Waals surface area contributed by atoms with Gasteiger partial charge in [-0.25, -0.2) is 12.8 Å². The number of nitrogens with one attached hydrogen (secondary N) is 1. The van der Waals surface area contributed by atoms with Crippen LogP contribution in [0.5, 0.6) is 0 Å². The van der Waals surface area contributed by atoms with Crippen molar-refractivity contribution in [3.05, 3.63) is 30.1 Å². The van der Waals surface area contributed by atoms with Crippen LogP contribution in [0, 0.1) is 11.7 Å². The Morgan fingerprint density at radius 1 is 1.19 bits per heavy atom. The number of hydrogen-bond acceptors (Lipinski definition) is 4. The molecular weight excluding hydrogens is 361 g/mol. The highest BCUT2D eigenvalue weighted by Crippen LogP contribution is 2.20. The van der Waals surface area contributed by atoms with Crippen LogP contribution >= 0.6 is 0 Å². The third kappa shape index (κ3) is 4.59. The summed E-state index contributed by atoms with van der Waals surface area (Å²) in [6, 6.07) is 5.23. The minimum absolute atomic E-state index is 0.0850. The molecule has 1 heterocycles. The summed E-state index contributed by atoms with van der Waals surface area (Å²) >= 11 is 0. The van der Waals surface area contributed by atoms with Crippen molar-refractivity contribution in [1.82, 2.24) is 14.5 Å². The van der Waals surface area contributed by atoms with E-state index in [1.165, 1.54) is 27.4 Å². The van der Waals surface area contributed by atoms with Gasteiger partial charge in [-0.15, -0.1) is 0 Å². The van der Waals surface area contributed by atoms with Gasteiger partial charge in [-0.05, 0) is 18.6 Å². The number of carbonyl (C=O) groups is 2. The van der Waals surface area contributed by atoms with Gasteiger partial charge in [0.1, 0.15) is 10.7 Å². The van der Waals surface area contributed by atoms with Gasteiger partial charge in [0.15, 0.2) is 0 Å². The first-order valence-corrected chi connectivity index (χ1v) is 10.0. The number of halogens is 1. The minimum Gasteiger partial charge on any atom is -0.347 e. The van der Waals surface area contributed by atoms with Gasteiger partial charge >= 0.3 is 0 Å². The van der Waals surface area contributed by atoms with Crippen molar-refractivity contribution >= 4 is 21.8 Å². The molecule has 1 N–H and O–H groups in total. The van der Waals surface area contributed by atoms with Gasteiger partial charge in [-0.2, -0.15) is 4.31 Å². The molecule has 1 aliphatic rings. The quantitative estimate of drug-likeness (QED) is 0.786. The Labute approximate surface area is 153 Å². The fourth-order valence-electron chi connectivity index (χ4n) is 2.61. The van der Waals surface area contributed by atoms with Crippen molar-refractivity contribution in [2.75, 3.05) is 32.7 Å². The van der Waals surface area contributed by atoms with E-state index in [0.29, 0.717) is 6.42 Å². The van der Waals surface area contributed by atoms with E-state index in [0.717, 1.165) is 6.07 Å². The lowest BCUT2D eigenvalue weighted by atomic mass is 10.1. The summed E-state index contributed by atoms with van der Waals surface area (Å²) in [6.45, 7) is 4.14. The molecule has 0 saturated carbocycles. The second kappa shape index (κ2) is 8.59. The van der Waals surface area contributed by atoms with Crippen molar-refractivity contribution in [2.24, 2.45) is 5.92 Å². The molecule has 1 fully saturated rings. The molecule has 0 bridgehead atoms. The van der Waals surface area contributed by atoms with E-state index in [-0.39, 0.29) is 55.4 Å². The Balaban J connectivity index is 1.91. The molecule has 1 aliphatic heterocycles. The number of hydrogen-bond donors (Lipinski definition) is 1. The van der Waals surface area contributed by atoms with Crippen molar-refractivity contribution < 1.29 is 22.4 Å². The van der Waals surface area contributed by atoms with Gasteiger partial charge in [0.2, 0.25) is 21.8 Å². The fourth-order valence-corrected chi connectivity index (χ4v) is 4.09. The zero-order valence-electron chi connectivity index (χ0n) is 14.9. The van der Waals surface area contributed by atoms with Crippen LogP contribution in [0.4, 0.5) is 4.39 Å². The largest absolute Gasteiger partial charge is 0.347 e. The predicted octanol–water partition coefficient (Wildman–Crippen LogP) is 0.821. The number of piperazine rings is 1. The maximum atomic E-state index is 13.8. The van der Waals surface area contributed by atoms with Gasteiger partial charge in [0.05, 0.1) is 6.54 Å². The summed E-state index contributed by atoms with van der Waals surface area (Å²) in [5.41, 5.74) is 0. The highest BCUT2D eigenvalue weighted by atomic mass is 32.2. The van der Waals surface area contributed by atoms with Crippen molar-refractivity contribution in [2.45, 2.75) is 25.2 Å². The SMILES string of the molecule is CCC(C)C(=O)NCC(=O)N1CCN(S(=O)(=O)c2ccccc2F)CC1. The van der Waals surface area contributed by atoms with Crippen molar-refractivity contribution in [3.8, 4) is 0 Å². The average Bonchev–Trinajstić information content (AvgIpc) is 2.65. The summed E-state index contributed by atoms with van der Waals surface area (Å²) in [5, 5.41) is 2.59. The minimum atomic E-state index is -3.93. The lowest BCUT2D eigenvalue weighted by molar-refractivity contribution is -0.134. The number of sulfonamides is 1. The molecule has 26 heavy (non-hydrogen) atoms. The van der Waals surface area contributed by atoms with Gasteiger partial charge in [0.25, 0.3) is 0 Å². The number of amides is 2. The molecule has 1 aromatic rings. The summed E-state index contributed by atoms with van der Waals surface area (Å²) < 4.78 is 40.0. The molecule has 0 radical (unpaired) electrons. The highest BCUT2D eigenvalue weighted by Gasteiger charge is 2.31. The first-order valence-electron chi connectivity index (χ1n) is 8.57. The lowest BCUT2D eigenvalue weighted by Crippen LogP contribution is -2.52. The Kier molecular flexibility index (Phi) is 6.71. The zero-order valence-corrected chi connectivity index (χ0v) is 15.8. The molecule has 0 spiro atoms. The van der Waals surface area contributed by atoms with Gasteiger partial charge in [-0.1, -0.05) is 26.0 Å². The molecule has 1 atom stereocenters. The van der Waals surface area contributed by atoms with Crippen molar-refractivity contribution in [1.29, 1.82) is 0 Å². The molecule has 0 aromatic heterocycles. The zero-order chi connectivity index (χ0) is 19.3. The molecule has 0 aliphatic carbocycles. The van der Waals surface area contributed by atoms with Crippen LogP contribution < -0.4 is 5.32 Å². The smallest absolute Gasteiger partial charge is 0.246 e. The van der Waals surface area contributed by atoms with E-state index in [1.807, 2.05) is 6.92 Å². The van der Waals surface area contributed by atoms with Crippen LogP contribution in [0.1, 0.15) is 20.3 Å². The lowest BCUT2D eigenvalue weighted by Gasteiger charge is -2.34. The Morgan fingerprint density at radius 3 is 2.38 bits per heavy atom. The molecule has 1 unspecified atom stereocenters. The second-order valence-corrected chi connectivity index (χ2v) is 8.15. The predicted molar refractivity (Wildman–Crippen MR) is 94.2 cm³/mol. The van der Waals surface area contributed by atoms with E-state index in [2.05, 4.69) is 5.32 Å². The van der Waals surface area contributed by atoms with E-state index >= 15 is 0 Å². The number of rotatable bonds is 6. The first-order chi connectivity index (χ1) is 12.3. The molecule has 2 rings (SSSR count). The molecular formula is C17H24FN3O4S. The highest BCUT2D eigenvalue weighted by molar-refractivity contribution is 7.89. The summed E-state index contributed by atoms with van der Waals surface area (Å²) in [5.74, 6) is -1.39. The maximum absolute atomic E-state index is 13.8. The molecule has 1 saturated heterocycles. The van der Waals surface area contributed by atoms with Crippen LogP contribution in [0.15, 0.2) is 29.2 Å². The Bertz CT molecular complexity index is 761. The average molecular weight is 385 g/mol. The van der Waals surface area contributed by atoms with Crippen LogP contribution in [-0.2, 0) is 19.6 Å². The van der Waals surface area contributed by atoms with Crippen LogP contribution in [0.3, 0.4) is 0 Å². The van der Waals surface area contributed by atoms with Gasteiger partial charge in [0, 0.05) is 32.1 Å². The van der Waals surface area contributed by atoms with E-state index in [9.17, 15) is 22.4 Å². The third-order valence-electron chi connectivity index (χ3n) is 4.52. The number of benzene rings is 1. The van der Waals surface area contributed by atoms with E-state index < -0.39 is 15.8 Å². The van der Waals surface area contributed by atoms with Gasteiger partial charge in [-0.3, -0.25) is 9.59 Å². The summed E-state index contributed by atoms with van der Waals surface area (Å²) in [4.78, 5) is 25.0. The monoisotopic (exact) mass is 385 g/mol. The van der Waals surface area contributed by atoms with Crippen LogP contribution in [-0.4, -0.2) is 62.2 Å². The topological polar surface area (TPSA) is 86.8 Å². The summed E-state index contributed by atoms with van der Waals surface area (Å²) in [6.07, 6.45) is 0.687. The standard InChI is InChI=1S/C17H24FN3O4S/c1-3-13(2)17(23)19-12-16(22)20-8-10-21(11-9-20)26(24,25)15-7-5-4-6-14(15)18/h4-7,13H,3,8-12H2,1-2H3,(H,19,23). The van der Waals surface area contributed by atoms with E-state index in [4.69, 9.17) is 0 Å². The number of nitrogens with zero attached hydrogens (tertiary/aromatic N) is 2. The molecule has 2 amide bonds. The second-order valence-electron chi connectivity index (χ2n) is 6.24. The number of carbonyl (C=O) groups excluding carboxylic acids is 2. The third-order valence-corrected chi connectivity index (χ3v) is 6.45. The molecule has 7 nitrogen and oxygen atoms in total. The fraction of sp³-hybridized carbons (Fsp3) is 0.529. The Hall–Kier alpha value is -2.00. The summed E-state index contributed by atoms with van der Waals surface area (Å²) in [7, 11) is -3.93. The van der Waals surface area contributed by atoms with Crippen molar-refractivity contribution in [3.63, 3.8) is 0 Å². The Morgan fingerprint density at radius 2 is 1.81 bits per heavy atom. The molecule has 1 aromatic carbocycles. The first kappa shape index (κ1) is 20.3. The van der Waals surface area contributed by atoms with Crippen LogP contribution in [0.2, 0.25) is 0 Å². The maximum Gasteiger partial charge on any atom is 0.246 e. The normalized spacial score (nSPS) is 17.0. The van der Waals surface area contributed by atoms with Gasteiger partial charge < -0.3 is 10.2 Å². The molecule has 144 valence electrons. The molecule has 9 heteroatoms.